The van der Waals surface area contributed by atoms with E-state index in [0.717, 1.165) is 0 Å². The molecular weight excluding hydrogens is 346 g/mol. The molecule has 2 N–H and O–H groups in total. The zero-order valence-corrected chi connectivity index (χ0v) is 14.4. The highest BCUT2D eigenvalue weighted by Gasteiger charge is 2.11. The number of nitrogens with one attached hydrogen (secondary N) is 2. The second-order valence-corrected chi connectivity index (χ2v) is 5.65. The van der Waals surface area contributed by atoms with Crippen molar-refractivity contribution in [3.8, 4) is 5.75 Å². The lowest BCUT2D eigenvalue weighted by Crippen LogP contribution is -2.19. The molecule has 0 spiro atoms. The average molecular weight is 362 g/mol. The average Bonchev–Trinajstić information content (AvgIpc) is 2.89. The number of anilines is 2. The number of halogens is 1. The minimum Gasteiger partial charge on any atom is -0.495 e. The van der Waals surface area contributed by atoms with E-state index in [1.807, 2.05) is 6.92 Å². The Hall–Kier alpha value is -2.93. The number of oxazole rings is 1. The van der Waals surface area contributed by atoms with Crippen LogP contribution in [0.15, 0.2) is 45.6 Å². The first kappa shape index (κ1) is 16.9. The van der Waals surface area contributed by atoms with Gasteiger partial charge in [-0.3, -0.25) is 4.57 Å². The Morgan fingerprint density at radius 2 is 2.04 bits per heavy atom. The van der Waals surface area contributed by atoms with Crippen LogP contribution in [-0.2, 0) is 6.54 Å². The maximum Gasteiger partial charge on any atom is 0.419 e. The molecule has 0 aliphatic carbocycles. The van der Waals surface area contributed by atoms with E-state index < -0.39 is 11.8 Å². The molecule has 0 aliphatic rings. The molecule has 3 aromatic rings. The topological polar surface area (TPSA) is 85.5 Å². The third-order valence-corrected chi connectivity index (χ3v) is 3.89. The molecule has 1 aromatic heterocycles. The SMILES string of the molecule is CCn1c(=O)oc2cc(NC(=O)Nc3cc(Cl)ccc3OC)ccc21. The number of fused-ring (bicyclic) bond motifs is 1. The molecule has 0 aliphatic heterocycles. The van der Waals surface area contributed by atoms with Gasteiger partial charge in [-0.2, -0.15) is 0 Å². The Morgan fingerprint density at radius 1 is 1.24 bits per heavy atom. The molecule has 0 saturated carbocycles. The Labute approximate surface area is 148 Å². The molecule has 0 atom stereocenters. The van der Waals surface area contributed by atoms with Crippen LogP contribution in [0.5, 0.6) is 5.75 Å². The molecule has 0 bridgehead atoms. The van der Waals surface area contributed by atoms with Crippen LogP contribution in [0.1, 0.15) is 6.92 Å². The summed E-state index contributed by atoms with van der Waals surface area (Å²) < 4.78 is 11.9. The number of aryl methyl sites for hydroxylation is 1. The van der Waals surface area contributed by atoms with Crippen LogP contribution >= 0.6 is 11.6 Å². The Kier molecular flexibility index (Phi) is 4.67. The van der Waals surface area contributed by atoms with Crippen LogP contribution in [0, 0.1) is 0 Å². The van der Waals surface area contributed by atoms with Crippen molar-refractivity contribution in [1.82, 2.24) is 4.57 Å². The summed E-state index contributed by atoms with van der Waals surface area (Å²) in [5.74, 6) is 0.0591. The molecule has 2 amide bonds. The largest absolute Gasteiger partial charge is 0.495 e. The fraction of sp³-hybridized carbons (Fsp3) is 0.176. The van der Waals surface area contributed by atoms with E-state index in [1.165, 1.54) is 11.7 Å². The van der Waals surface area contributed by atoms with Crippen LogP contribution < -0.4 is 21.1 Å². The van der Waals surface area contributed by atoms with E-state index in [-0.39, 0.29) is 0 Å². The van der Waals surface area contributed by atoms with E-state index in [9.17, 15) is 9.59 Å². The molecule has 8 heteroatoms. The molecule has 1 heterocycles. The highest BCUT2D eigenvalue weighted by molar-refractivity contribution is 6.31. The van der Waals surface area contributed by atoms with E-state index in [4.69, 9.17) is 20.8 Å². The first-order valence-electron chi connectivity index (χ1n) is 7.56. The summed E-state index contributed by atoms with van der Waals surface area (Å²) in [7, 11) is 1.50. The van der Waals surface area contributed by atoms with Gasteiger partial charge in [-0.15, -0.1) is 0 Å². The molecule has 0 saturated heterocycles. The van der Waals surface area contributed by atoms with Crippen molar-refractivity contribution < 1.29 is 13.9 Å². The Bertz CT molecular complexity index is 993. The van der Waals surface area contributed by atoms with Gasteiger partial charge in [-0.1, -0.05) is 11.6 Å². The Balaban J connectivity index is 1.80. The number of carbonyl (C=O) groups is 1. The molecule has 2 aromatic carbocycles. The summed E-state index contributed by atoms with van der Waals surface area (Å²) in [6.45, 7) is 2.36. The van der Waals surface area contributed by atoms with E-state index in [0.29, 0.717) is 39.8 Å². The molecular formula is C17H16ClN3O4. The zero-order valence-electron chi connectivity index (χ0n) is 13.6. The minimum absolute atomic E-state index is 0.407. The van der Waals surface area contributed by atoms with Crippen LogP contribution in [-0.4, -0.2) is 17.7 Å². The molecule has 25 heavy (non-hydrogen) atoms. The number of aromatic nitrogens is 1. The van der Waals surface area contributed by atoms with E-state index >= 15 is 0 Å². The van der Waals surface area contributed by atoms with Gasteiger partial charge in [0.15, 0.2) is 5.58 Å². The number of nitrogens with zero attached hydrogens (tertiary/aromatic N) is 1. The number of hydrogen-bond acceptors (Lipinski definition) is 4. The Morgan fingerprint density at radius 3 is 2.76 bits per heavy atom. The lowest BCUT2D eigenvalue weighted by atomic mass is 10.2. The number of urea groups is 1. The predicted molar refractivity (Wildman–Crippen MR) is 96.8 cm³/mol. The number of hydrogen-bond donors (Lipinski definition) is 2. The molecule has 130 valence electrons. The van der Waals surface area contributed by atoms with Crippen LogP contribution in [0.25, 0.3) is 11.1 Å². The first-order chi connectivity index (χ1) is 12.0. The minimum atomic E-state index is -0.475. The second-order valence-electron chi connectivity index (χ2n) is 5.22. The van der Waals surface area contributed by atoms with Crippen molar-refractivity contribution in [3.63, 3.8) is 0 Å². The van der Waals surface area contributed by atoms with Crippen LogP contribution in [0.2, 0.25) is 5.02 Å². The molecule has 7 nitrogen and oxygen atoms in total. The number of methoxy groups -OCH3 is 1. The van der Waals surface area contributed by atoms with Crippen LogP contribution in [0.4, 0.5) is 16.2 Å². The van der Waals surface area contributed by atoms with Gasteiger partial charge in [0.1, 0.15) is 5.75 Å². The maximum atomic E-state index is 12.2. The van der Waals surface area contributed by atoms with Gasteiger partial charge in [0.05, 0.1) is 18.3 Å². The highest BCUT2D eigenvalue weighted by Crippen LogP contribution is 2.28. The van der Waals surface area contributed by atoms with E-state index in [2.05, 4.69) is 10.6 Å². The summed E-state index contributed by atoms with van der Waals surface area (Å²) in [6.07, 6.45) is 0. The van der Waals surface area contributed by atoms with Gasteiger partial charge in [-0.05, 0) is 37.3 Å². The maximum absolute atomic E-state index is 12.2. The third-order valence-electron chi connectivity index (χ3n) is 3.65. The molecule has 0 fully saturated rings. The van der Waals surface area contributed by atoms with Crippen molar-refractivity contribution in [3.05, 3.63) is 52.0 Å². The number of amides is 2. The van der Waals surface area contributed by atoms with Crippen molar-refractivity contribution in [2.75, 3.05) is 17.7 Å². The fourth-order valence-electron chi connectivity index (χ4n) is 2.51. The summed E-state index contributed by atoms with van der Waals surface area (Å²) >= 11 is 5.94. The summed E-state index contributed by atoms with van der Waals surface area (Å²) in [4.78, 5) is 23.9. The van der Waals surface area contributed by atoms with Gasteiger partial charge < -0.3 is 19.8 Å². The summed E-state index contributed by atoms with van der Waals surface area (Å²) in [5, 5.41) is 5.82. The van der Waals surface area contributed by atoms with Crippen LogP contribution in [0.3, 0.4) is 0 Å². The predicted octanol–water partition coefficient (Wildman–Crippen LogP) is 3.92. The quantitative estimate of drug-likeness (QED) is 0.737. The van der Waals surface area contributed by atoms with Gasteiger partial charge in [0.25, 0.3) is 0 Å². The van der Waals surface area contributed by atoms with Gasteiger partial charge in [0.2, 0.25) is 0 Å². The smallest absolute Gasteiger partial charge is 0.419 e. The first-order valence-corrected chi connectivity index (χ1v) is 7.94. The number of benzene rings is 2. The molecule has 0 unspecified atom stereocenters. The van der Waals surface area contributed by atoms with E-state index in [1.54, 1.807) is 36.4 Å². The lowest BCUT2D eigenvalue weighted by Gasteiger charge is -2.11. The normalized spacial score (nSPS) is 10.7. The summed E-state index contributed by atoms with van der Waals surface area (Å²) in [6, 6.07) is 9.44. The monoisotopic (exact) mass is 361 g/mol. The van der Waals surface area contributed by atoms with Gasteiger partial charge >= 0.3 is 11.8 Å². The second kappa shape index (κ2) is 6.90. The van der Waals surface area contributed by atoms with Crippen molar-refractivity contribution in [2.24, 2.45) is 0 Å². The number of rotatable bonds is 4. The summed E-state index contributed by atoms with van der Waals surface area (Å²) in [5.41, 5.74) is 2.01. The van der Waals surface area contributed by atoms with Crippen molar-refractivity contribution in [2.45, 2.75) is 13.5 Å². The van der Waals surface area contributed by atoms with Crippen molar-refractivity contribution >= 4 is 40.1 Å². The van der Waals surface area contributed by atoms with Crippen molar-refractivity contribution in [1.29, 1.82) is 0 Å². The standard InChI is InChI=1S/C17H16ClN3O4/c1-3-21-13-6-5-11(9-15(13)25-17(21)23)19-16(22)20-12-8-10(18)4-7-14(12)24-2/h4-9H,3H2,1-2H3,(H2,19,20,22). The molecule has 0 radical (unpaired) electrons. The van der Waals surface area contributed by atoms with Gasteiger partial charge in [0, 0.05) is 23.3 Å². The lowest BCUT2D eigenvalue weighted by molar-refractivity contribution is 0.262. The third kappa shape index (κ3) is 3.46. The highest BCUT2D eigenvalue weighted by atomic mass is 35.5. The zero-order chi connectivity index (χ0) is 18.0. The number of ether oxygens (including phenoxy) is 1. The fourth-order valence-corrected chi connectivity index (χ4v) is 2.68. The van der Waals surface area contributed by atoms with Gasteiger partial charge in [-0.25, -0.2) is 9.59 Å². The molecule has 3 rings (SSSR count). The number of carbonyl (C=O) groups excluding carboxylic acids is 1.